The van der Waals surface area contributed by atoms with Crippen molar-refractivity contribution < 1.29 is 4.79 Å². The highest BCUT2D eigenvalue weighted by atomic mass is 32.1. The normalized spacial score (nSPS) is 10.5. The second-order valence-corrected chi connectivity index (χ2v) is 5.33. The van der Waals surface area contributed by atoms with Crippen LogP contribution in [0.15, 0.2) is 23.8 Å². The van der Waals surface area contributed by atoms with Gasteiger partial charge in [0.2, 0.25) is 0 Å². The zero-order chi connectivity index (χ0) is 10.7. The van der Waals surface area contributed by atoms with Gasteiger partial charge in [-0.05, 0) is 18.6 Å². The fourth-order valence-electron chi connectivity index (χ4n) is 1.31. The molecule has 15 heavy (non-hydrogen) atoms. The van der Waals surface area contributed by atoms with Crippen molar-refractivity contribution in [3.8, 4) is 0 Å². The summed E-state index contributed by atoms with van der Waals surface area (Å²) >= 11 is 3.13. The number of Topliss-reactive ketones (excluding diaryl/α,β-unsaturated/α-hetero) is 1. The van der Waals surface area contributed by atoms with Crippen LogP contribution in [0.2, 0.25) is 0 Å². The Labute approximate surface area is 96.6 Å². The van der Waals surface area contributed by atoms with Gasteiger partial charge in [0.1, 0.15) is 0 Å². The Hall–Kier alpha value is -1.00. The van der Waals surface area contributed by atoms with Gasteiger partial charge in [-0.25, -0.2) is 0 Å². The number of ketones is 1. The number of nitrogens with zero attached hydrogens (tertiary/aromatic N) is 1. The van der Waals surface area contributed by atoms with Gasteiger partial charge in [-0.1, -0.05) is 6.92 Å². The van der Waals surface area contributed by atoms with Crippen LogP contribution in [0.3, 0.4) is 0 Å². The van der Waals surface area contributed by atoms with E-state index in [1.54, 1.807) is 23.0 Å². The minimum atomic E-state index is 0.169. The van der Waals surface area contributed by atoms with E-state index in [0.29, 0.717) is 6.42 Å². The SMILES string of the molecule is CCc1ccc(CC(=O)c2cncs2)s1. The maximum atomic E-state index is 11.7. The molecule has 0 atom stereocenters. The van der Waals surface area contributed by atoms with E-state index in [2.05, 4.69) is 18.0 Å². The zero-order valence-electron chi connectivity index (χ0n) is 8.40. The molecule has 2 nitrogen and oxygen atoms in total. The van der Waals surface area contributed by atoms with Crippen LogP contribution in [-0.2, 0) is 12.8 Å². The number of aromatic nitrogens is 1. The molecule has 2 aromatic heterocycles. The van der Waals surface area contributed by atoms with Gasteiger partial charge in [0.05, 0.1) is 10.4 Å². The molecule has 0 aromatic carbocycles. The average molecular weight is 237 g/mol. The van der Waals surface area contributed by atoms with Crippen molar-refractivity contribution in [3.05, 3.63) is 38.5 Å². The van der Waals surface area contributed by atoms with Crippen molar-refractivity contribution in [2.24, 2.45) is 0 Å². The topological polar surface area (TPSA) is 30.0 Å². The highest BCUT2D eigenvalue weighted by Crippen LogP contribution is 2.19. The monoisotopic (exact) mass is 237 g/mol. The van der Waals surface area contributed by atoms with Crippen LogP contribution in [0.25, 0.3) is 0 Å². The average Bonchev–Trinajstić information content (AvgIpc) is 2.87. The van der Waals surface area contributed by atoms with Gasteiger partial charge < -0.3 is 0 Å². The number of rotatable bonds is 4. The van der Waals surface area contributed by atoms with Crippen molar-refractivity contribution in [1.29, 1.82) is 0 Å². The summed E-state index contributed by atoms with van der Waals surface area (Å²) in [7, 11) is 0. The molecule has 0 aliphatic heterocycles. The molecule has 0 radical (unpaired) electrons. The summed E-state index contributed by atoms with van der Waals surface area (Å²) in [6, 6.07) is 4.14. The van der Waals surface area contributed by atoms with Crippen molar-refractivity contribution in [1.82, 2.24) is 4.98 Å². The minimum Gasteiger partial charge on any atom is -0.293 e. The summed E-state index contributed by atoms with van der Waals surface area (Å²) in [6.45, 7) is 2.13. The maximum Gasteiger partial charge on any atom is 0.179 e. The molecule has 2 rings (SSSR count). The first-order valence-corrected chi connectivity index (χ1v) is 6.48. The third-order valence-electron chi connectivity index (χ3n) is 2.11. The van der Waals surface area contributed by atoms with E-state index in [-0.39, 0.29) is 5.78 Å². The smallest absolute Gasteiger partial charge is 0.179 e. The molecule has 0 fully saturated rings. The van der Waals surface area contributed by atoms with E-state index in [4.69, 9.17) is 0 Å². The van der Waals surface area contributed by atoms with E-state index < -0.39 is 0 Å². The lowest BCUT2D eigenvalue weighted by Crippen LogP contribution is -1.98. The van der Waals surface area contributed by atoms with E-state index in [1.165, 1.54) is 16.2 Å². The summed E-state index contributed by atoms with van der Waals surface area (Å²) in [4.78, 5) is 18.9. The summed E-state index contributed by atoms with van der Waals surface area (Å²) in [6.07, 6.45) is 3.19. The van der Waals surface area contributed by atoms with Crippen LogP contribution in [0.5, 0.6) is 0 Å². The predicted molar refractivity (Wildman–Crippen MR) is 63.8 cm³/mol. The lowest BCUT2D eigenvalue weighted by Gasteiger charge is -1.93. The highest BCUT2D eigenvalue weighted by molar-refractivity contribution is 7.13. The van der Waals surface area contributed by atoms with Crippen LogP contribution in [0.4, 0.5) is 0 Å². The van der Waals surface area contributed by atoms with Crippen molar-refractivity contribution >= 4 is 28.5 Å². The summed E-state index contributed by atoms with van der Waals surface area (Å²) < 4.78 is 0. The Morgan fingerprint density at radius 2 is 2.20 bits per heavy atom. The molecule has 0 N–H and O–H groups in total. The van der Waals surface area contributed by atoms with E-state index in [1.807, 2.05) is 6.07 Å². The van der Waals surface area contributed by atoms with Crippen LogP contribution >= 0.6 is 22.7 Å². The Morgan fingerprint density at radius 3 is 2.80 bits per heavy atom. The van der Waals surface area contributed by atoms with Gasteiger partial charge in [-0.3, -0.25) is 9.78 Å². The molecule has 0 unspecified atom stereocenters. The molecule has 4 heteroatoms. The number of hydrogen-bond donors (Lipinski definition) is 0. The third-order valence-corrected chi connectivity index (χ3v) is 4.15. The Morgan fingerprint density at radius 1 is 1.40 bits per heavy atom. The molecular weight excluding hydrogens is 226 g/mol. The second-order valence-electron chi connectivity index (χ2n) is 3.19. The number of hydrogen-bond acceptors (Lipinski definition) is 4. The predicted octanol–water partition coefficient (Wildman–Crippen LogP) is 3.19. The first kappa shape index (κ1) is 10.5. The van der Waals surface area contributed by atoms with Gasteiger partial charge in [-0.2, -0.15) is 0 Å². The molecule has 0 amide bonds. The summed E-state index contributed by atoms with van der Waals surface area (Å²) in [5.74, 6) is 0.169. The molecule has 0 spiro atoms. The first-order valence-electron chi connectivity index (χ1n) is 4.79. The van der Waals surface area contributed by atoms with Crippen molar-refractivity contribution in [2.75, 3.05) is 0 Å². The summed E-state index contributed by atoms with van der Waals surface area (Å²) in [5.41, 5.74) is 1.69. The molecular formula is C11H11NOS2. The van der Waals surface area contributed by atoms with Crippen LogP contribution in [0.1, 0.15) is 26.3 Å². The minimum absolute atomic E-state index is 0.169. The quantitative estimate of drug-likeness (QED) is 0.764. The number of thiazole rings is 1. The largest absolute Gasteiger partial charge is 0.293 e. The van der Waals surface area contributed by atoms with E-state index in [0.717, 1.165) is 16.2 Å². The molecule has 0 bridgehead atoms. The highest BCUT2D eigenvalue weighted by Gasteiger charge is 2.09. The fraction of sp³-hybridized carbons (Fsp3) is 0.273. The van der Waals surface area contributed by atoms with Gasteiger partial charge in [0.25, 0.3) is 0 Å². The van der Waals surface area contributed by atoms with Crippen LogP contribution in [-0.4, -0.2) is 10.8 Å². The first-order chi connectivity index (χ1) is 7.29. The fourth-order valence-corrected chi connectivity index (χ4v) is 2.82. The molecule has 0 aliphatic rings. The Bertz CT molecular complexity index is 445. The van der Waals surface area contributed by atoms with E-state index >= 15 is 0 Å². The van der Waals surface area contributed by atoms with Crippen molar-refractivity contribution in [3.63, 3.8) is 0 Å². The molecule has 0 aliphatic carbocycles. The molecule has 2 aromatic rings. The zero-order valence-corrected chi connectivity index (χ0v) is 10.0. The van der Waals surface area contributed by atoms with Crippen LogP contribution in [0, 0.1) is 0 Å². The molecule has 2 heterocycles. The van der Waals surface area contributed by atoms with Gasteiger partial charge in [0, 0.05) is 22.4 Å². The molecule has 0 saturated carbocycles. The van der Waals surface area contributed by atoms with Crippen molar-refractivity contribution in [2.45, 2.75) is 19.8 Å². The second kappa shape index (κ2) is 4.68. The number of aryl methyl sites for hydroxylation is 1. The molecule has 78 valence electrons. The van der Waals surface area contributed by atoms with Gasteiger partial charge in [0.15, 0.2) is 5.78 Å². The third kappa shape index (κ3) is 2.52. The Kier molecular flexibility index (Phi) is 3.28. The number of carbonyl (C=O) groups excluding carboxylic acids is 1. The maximum absolute atomic E-state index is 11.7. The Balaban J connectivity index is 2.06. The van der Waals surface area contributed by atoms with Crippen LogP contribution < -0.4 is 0 Å². The standard InChI is InChI=1S/C11H11NOS2/c1-2-8-3-4-9(15-8)5-10(13)11-6-12-7-14-11/h3-4,6-7H,2,5H2,1H3. The molecule has 0 saturated heterocycles. The number of carbonyl (C=O) groups is 1. The van der Waals surface area contributed by atoms with Gasteiger partial charge in [-0.15, -0.1) is 22.7 Å². The summed E-state index contributed by atoms with van der Waals surface area (Å²) in [5, 5.41) is 0. The lowest BCUT2D eigenvalue weighted by atomic mass is 10.2. The van der Waals surface area contributed by atoms with Gasteiger partial charge >= 0.3 is 0 Å². The number of thiophene rings is 1. The van der Waals surface area contributed by atoms with E-state index in [9.17, 15) is 4.79 Å². The lowest BCUT2D eigenvalue weighted by molar-refractivity contribution is 0.0997.